The molecule has 77 heavy (non-hydrogen) atoms. The molecule has 0 aliphatic heterocycles. The Bertz CT molecular complexity index is 1800. The summed E-state index contributed by atoms with van der Waals surface area (Å²) in [5.41, 5.74) is 6.84. The van der Waals surface area contributed by atoms with Gasteiger partial charge in [0.15, 0.2) is 0 Å². The summed E-state index contributed by atoms with van der Waals surface area (Å²) in [6.45, 7) is 38.0. The van der Waals surface area contributed by atoms with Crippen LogP contribution in [0, 0.1) is 35.8 Å². The molecule has 11 nitrogen and oxygen atoms in total. The van der Waals surface area contributed by atoms with E-state index in [0.29, 0.717) is 13.9 Å². The van der Waals surface area contributed by atoms with Gasteiger partial charge in [0.1, 0.15) is 36.8 Å². The predicted octanol–water partition coefficient (Wildman–Crippen LogP) is 19.3. The Morgan fingerprint density at radius 2 is 1.05 bits per heavy atom. The SMILES string of the molecule is C#CC.C#SCC.C/C=C(O)\C=C/C(C)/C=N/N(C)P.C/C=C(O)\C=C/CC=O.CC.CC.CC.CC.CCC.CCC#CCC.CCCCCC.CN(/N=C/c1ccc(O)cc1)P=S.CN(P)/N=C/c1ccc(O)cc1. The number of phenolic OH excluding ortho intramolecular Hbond substituents is 2. The zero-order chi connectivity index (χ0) is 62.5. The standard InChI is InChI=1S/C9H17N2OP.C8H9N2OPS.C8H11N2OP.C7H10O2.C6H14.C6H10.C3H6S.C3H8.C3H4.4C2H6/c1-4-9(12)6-5-8(2)7-10-11(3)13;1-10(12-13)9-6-7-2-4-8(11)5-3-7;1-10(12)9-6-7-2-4-8(11)5-3-7;1-2-7(9)5-3-4-6-8;2*1-3-5-6-4-2;1-3-4-2;2*1-3-2;4*1-2/h4-8,12H,13H2,1-3H3;2-6,11H,1H3;2-6,11H,12H2,1H3;2-3,5-6,9H,4H2,1H3;3-6H2,1-2H3;3-4H2,1-2H3;2H,3H2,1H3;3H2,1-2H3;1H,2H3;4*1-2H3/b6-5-,9-4+,10-7+;2*9-6+;5-3-,7-2+;;;;;;;;;. The Hall–Kier alpha value is -4.82. The second-order valence-electron chi connectivity index (χ2n) is 13.3. The summed E-state index contributed by atoms with van der Waals surface area (Å²) in [7, 11) is 11.0. The summed E-state index contributed by atoms with van der Waals surface area (Å²) in [5.74, 6) is 10.4. The highest BCUT2D eigenvalue weighted by atomic mass is 32.4. The number of aldehydes is 1. The molecule has 0 bridgehead atoms. The van der Waals surface area contributed by atoms with Gasteiger partial charge < -0.3 is 25.2 Å². The second kappa shape index (κ2) is 96.8. The van der Waals surface area contributed by atoms with Crippen LogP contribution >= 0.6 is 37.5 Å². The van der Waals surface area contributed by atoms with Crippen molar-refractivity contribution >= 4 is 74.2 Å². The maximum atomic E-state index is 9.72. The van der Waals surface area contributed by atoms with Gasteiger partial charge in [0, 0.05) is 58.3 Å². The molecule has 16 heteroatoms. The van der Waals surface area contributed by atoms with Crippen molar-refractivity contribution in [1.82, 2.24) is 14.3 Å². The van der Waals surface area contributed by atoms with Gasteiger partial charge >= 0.3 is 0 Å². The highest BCUT2D eigenvalue weighted by Gasteiger charge is 1.92. The molecule has 2 aromatic rings. The van der Waals surface area contributed by atoms with Gasteiger partial charge in [-0.25, -0.2) is 4.78 Å². The lowest BCUT2D eigenvalue weighted by atomic mass is 10.2. The summed E-state index contributed by atoms with van der Waals surface area (Å²) >= 11 is 6.11. The fourth-order valence-corrected chi connectivity index (χ4v) is 3.51. The van der Waals surface area contributed by atoms with Crippen molar-refractivity contribution < 1.29 is 25.2 Å². The zero-order valence-electron chi connectivity index (χ0n) is 52.3. The molecule has 0 saturated carbocycles. The number of hydrogen-bond donors (Lipinski definition) is 4. The largest absolute Gasteiger partial charge is 0.508 e. The maximum absolute atomic E-state index is 9.72. The number of carbonyl (C=O) groups excluding carboxylic acids is 1. The zero-order valence-corrected chi connectivity index (χ0v) is 57.1. The van der Waals surface area contributed by atoms with Crippen LogP contribution in [0.2, 0.25) is 0 Å². The molecule has 2 rings (SSSR count). The van der Waals surface area contributed by atoms with Gasteiger partial charge in [-0.05, 0) is 135 Å². The molecule has 0 aliphatic carbocycles. The number of carbonyl (C=O) groups is 1. The third-order valence-electron chi connectivity index (χ3n) is 6.44. The van der Waals surface area contributed by atoms with Crippen LogP contribution in [0.5, 0.6) is 11.5 Å². The topological polar surface area (TPSA) is 145 Å². The lowest BCUT2D eigenvalue weighted by Gasteiger charge is -2.03. The minimum atomic E-state index is 0.192. The summed E-state index contributed by atoms with van der Waals surface area (Å²) in [6.07, 6.45) is 29.6. The van der Waals surface area contributed by atoms with E-state index in [-0.39, 0.29) is 28.9 Å². The highest BCUT2D eigenvalue weighted by Crippen LogP contribution is 2.10. The van der Waals surface area contributed by atoms with E-state index < -0.39 is 0 Å². The number of aromatic hydroxyl groups is 2. The van der Waals surface area contributed by atoms with Crippen molar-refractivity contribution in [3.05, 3.63) is 108 Å². The van der Waals surface area contributed by atoms with E-state index in [0.717, 1.165) is 36.0 Å². The molecule has 0 aliphatic rings. The maximum Gasteiger partial charge on any atom is 0.123 e. The van der Waals surface area contributed by atoms with Crippen molar-refractivity contribution in [3.8, 4) is 41.4 Å². The van der Waals surface area contributed by atoms with Gasteiger partial charge in [-0.1, -0.05) is 155 Å². The third-order valence-corrected chi connectivity index (χ3v) is 8.09. The highest BCUT2D eigenvalue weighted by molar-refractivity contribution is 7.95. The predicted molar refractivity (Wildman–Crippen MR) is 365 cm³/mol. The molecule has 2 aromatic carbocycles. The molecule has 0 fully saturated rings. The van der Waals surface area contributed by atoms with Gasteiger partial charge in [-0.2, -0.15) is 15.3 Å². The number of unbranched alkanes of at least 4 members (excludes halogenated alkanes) is 3. The first-order valence-corrected chi connectivity index (χ1v) is 30.7. The Morgan fingerprint density at radius 1 is 0.714 bits per heavy atom. The second-order valence-corrected chi connectivity index (χ2v) is 17.0. The summed E-state index contributed by atoms with van der Waals surface area (Å²) in [6, 6.07) is 13.7. The summed E-state index contributed by atoms with van der Waals surface area (Å²) < 4.78 is 4.91. The molecule has 0 amide bonds. The Balaban J connectivity index is -0.0000000720. The van der Waals surface area contributed by atoms with Crippen LogP contribution in [0.4, 0.5) is 0 Å². The first-order chi connectivity index (χ1) is 36.8. The smallest absolute Gasteiger partial charge is 0.123 e. The van der Waals surface area contributed by atoms with Crippen molar-refractivity contribution in [1.29, 1.82) is 0 Å². The first kappa shape index (κ1) is 97.7. The Kier molecular flexibility index (Phi) is 123. The Morgan fingerprint density at radius 3 is 1.32 bits per heavy atom. The van der Waals surface area contributed by atoms with Crippen molar-refractivity contribution in [2.24, 2.45) is 21.2 Å². The molecule has 0 heterocycles. The number of terminal acetylenes is 1. The number of phenols is 2. The van der Waals surface area contributed by atoms with Crippen LogP contribution in [-0.2, 0) is 16.6 Å². The van der Waals surface area contributed by atoms with E-state index in [2.05, 4.69) is 99.8 Å². The number of aliphatic hydroxyl groups is 2. The van der Waals surface area contributed by atoms with Crippen molar-refractivity contribution in [2.75, 3.05) is 26.9 Å². The molecule has 3 atom stereocenters. The van der Waals surface area contributed by atoms with Crippen molar-refractivity contribution in [2.45, 2.75) is 183 Å². The number of allylic oxidation sites excluding steroid dienone is 6. The lowest BCUT2D eigenvalue weighted by Crippen LogP contribution is -1.97. The number of hydrogen-bond acceptors (Lipinski definition) is 11. The van der Waals surface area contributed by atoms with Crippen LogP contribution < -0.4 is 0 Å². The fraction of sp³-hybridized carbons (Fsp3) is 0.525. The molecule has 0 aromatic heterocycles. The molecule has 4 N–H and O–H groups in total. The van der Waals surface area contributed by atoms with Crippen LogP contribution in [-0.4, -0.2) is 86.6 Å². The molecule has 0 radical (unpaired) electrons. The van der Waals surface area contributed by atoms with Crippen LogP contribution in [0.15, 0.2) is 112 Å². The monoisotopic (exact) mass is 1170 g/mol. The quantitative estimate of drug-likeness (QED) is 0.0200. The van der Waals surface area contributed by atoms with Crippen LogP contribution in [0.1, 0.15) is 194 Å². The number of benzene rings is 2. The van der Waals surface area contributed by atoms with E-state index in [1.54, 1.807) is 134 Å². The van der Waals surface area contributed by atoms with Crippen molar-refractivity contribution in [3.63, 3.8) is 0 Å². The molecular formula is C61H113N6O5P3S2. The van der Waals surface area contributed by atoms with E-state index in [9.17, 15) is 4.79 Å². The summed E-state index contributed by atoms with van der Waals surface area (Å²) in [4.78, 5) is 9.72. The Labute approximate surface area is 491 Å². The first-order valence-electron chi connectivity index (χ1n) is 26.7. The average Bonchev–Trinajstić information content (AvgIpc) is 3.45. The number of rotatable bonds is 15. The van der Waals surface area contributed by atoms with Gasteiger partial charge in [0.05, 0.1) is 12.4 Å². The van der Waals surface area contributed by atoms with Crippen LogP contribution in [0.25, 0.3) is 0 Å². The third kappa shape index (κ3) is 120. The van der Waals surface area contributed by atoms with Gasteiger partial charge in [0.2, 0.25) is 0 Å². The molecule has 444 valence electrons. The molecule has 0 spiro atoms. The number of aliphatic hydroxyl groups excluding tert-OH is 2. The fourth-order valence-electron chi connectivity index (χ4n) is 3.15. The normalized spacial score (nSPS) is 9.69. The van der Waals surface area contributed by atoms with E-state index in [1.807, 2.05) is 89.4 Å². The van der Waals surface area contributed by atoms with E-state index in [4.69, 9.17) is 37.9 Å². The van der Waals surface area contributed by atoms with E-state index in [1.165, 1.54) is 49.3 Å². The van der Waals surface area contributed by atoms with Gasteiger partial charge in [-0.3, -0.25) is 9.56 Å². The number of nitrogens with zero attached hydrogens (tertiary/aromatic N) is 6. The molecular weight excluding hydrogens is 1050 g/mol. The lowest BCUT2D eigenvalue weighted by molar-refractivity contribution is -0.107. The van der Waals surface area contributed by atoms with Crippen LogP contribution in [0.3, 0.4) is 0 Å². The van der Waals surface area contributed by atoms with Gasteiger partial charge in [0.25, 0.3) is 0 Å². The molecule has 0 saturated heterocycles. The number of hydrazone groups is 3. The van der Waals surface area contributed by atoms with E-state index >= 15 is 0 Å². The van der Waals surface area contributed by atoms with Gasteiger partial charge in [-0.15, -0.1) is 41.0 Å². The minimum absolute atomic E-state index is 0.192. The average molecular weight is 1170 g/mol. The molecule has 3 unspecified atom stereocenters. The summed E-state index contributed by atoms with van der Waals surface area (Å²) in [5, 5.41) is 47.9. The minimum Gasteiger partial charge on any atom is -0.508 e.